The fourth-order valence-electron chi connectivity index (χ4n) is 3.71. The molecule has 1 saturated carbocycles. The summed E-state index contributed by atoms with van der Waals surface area (Å²) in [7, 11) is 0. The van der Waals surface area contributed by atoms with Crippen LogP contribution >= 0.6 is 0 Å². The van der Waals surface area contributed by atoms with Crippen molar-refractivity contribution in [3.05, 3.63) is 0 Å². The first kappa shape index (κ1) is 13.4. The maximum Gasteiger partial charge on any atom is 0.0195 e. The molecule has 0 spiro atoms. The molecule has 2 rings (SSSR count). The lowest BCUT2D eigenvalue weighted by atomic mass is 9.84. The number of hydrogen-bond acceptors (Lipinski definition) is 2. The van der Waals surface area contributed by atoms with E-state index in [0.717, 1.165) is 18.0 Å². The van der Waals surface area contributed by atoms with Crippen molar-refractivity contribution < 1.29 is 0 Å². The van der Waals surface area contributed by atoms with Gasteiger partial charge >= 0.3 is 0 Å². The van der Waals surface area contributed by atoms with Crippen LogP contribution in [0.25, 0.3) is 0 Å². The molecule has 2 aliphatic rings. The Bertz CT molecular complexity index is 217. The lowest BCUT2D eigenvalue weighted by Gasteiger charge is -2.39. The summed E-state index contributed by atoms with van der Waals surface area (Å²) in [6, 6.07) is 1.62. The summed E-state index contributed by atoms with van der Waals surface area (Å²) in [6.45, 7) is 8.62. The molecule has 2 nitrogen and oxygen atoms in total. The highest BCUT2D eigenvalue weighted by molar-refractivity contribution is 4.85. The fraction of sp³-hybridized carbons (Fsp3) is 1.00. The lowest BCUT2D eigenvalue weighted by Crippen LogP contribution is -2.46. The molecular formula is C15H30N2. The average molecular weight is 238 g/mol. The van der Waals surface area contributed by atoms with Crippen molar-refractivity contribution in [2.75, 3.05) is 19.6 Å². The Hall–Kier alpha value is -0.0800. The topological polar surface area (TPSA) is 15.3 Å². The second-order valence-electron chi connectivity index (χ2n) is 6.12. The van der Waals surface area contributed by atoms with Gasteiger partial charge in [-0.2, -0.15) is 0 Å². The first-order valence-electron chi connectivity index (χ1n) is 7.78. The summed E-state index contributed by atoms with van der Waals surface area (Å²) in [5, 5.41) is 3.72. The highest BCUT2D eigenvalue weighted by atomic mass is 15.2. The summed E-state index contributed by atoms with van der Waals surface area (Å²) in [6.07, 6.45) is 9.80. The van der Waals surface area contributed by atoms with Crippen LogP contribution in [0.2, 0.25) is 0 Å². The first-order chi connectivity index (χ1) is 8.31. The van der Waals surface area contributed by atoms with Crippen molar-refractivity contribution in [2.24, 2.45) is 5.92 Å². The van der Waals surface area contributed by atoms with Crippen molar-refractivity contribution >= 4 is 0 Å². The van der Waals surface area contributed by atoms with Gasteiger partial charge in [-0.25, -0.2) is 0 Å². The monoisotopic (exact) mass is 238 g/mol. The van der Waals surface area contributed by atoms with E-state index in [1.165, 1.54) is 64.6 Å². The molecule has 1 saturated heterocycles. The molecule has 3 atom stereocenters. The van der Waals surface area contributed by atoms with Gasteiger partial charge in [-0.05, 0) is 44.7 Å². The number of nitrogens with one attached hydrogen (secondary N) is 1. The van der Waals surface area contributed by atoms with Crippen LogP contribution in [0.4, 0.5) is 0 Å². The Morgan fingerprint density at radius 2 is 2.00 bits per heavy atom. The van der Waals surface area contributed by atoms with Crippen molar-refractivity contribution in [1.29, 1.82) is 0 Å². The maximum absolute atomic E-state index is 3.72. The highest BCUT2D eigenvalue weighted by Gasteiger charge is 2.29. The van der Waals surface area contributed by atoms with Crippen LogP contribution in [0.3, 0.4) is 0 Å². The molecule has 3 unspecified atom stereocenters. The van der Waals surface area contributed by atoms with E-state index in [4.69, 9.17) is 0 Å². The van der Waals surface area contributed by atoms with Crippen LogP contribution in [-0.2, 0) is 0 Å². The Balaban J connectivity index is 1.92. The van der Waals surface area contributed by atoms with Gasteiger partial charge in [0.05, 0.1) is 0 Å². The zero-order valence-electron chi connectivity index (χ0n) is 11.8. The predicted molar refractivity (Wildman–Crippen MR) is 74.3 cm³/mol. The molecule has 0 aromatic heterocycles. The molecule has 0 aromatic carbocycles. The summed E-state index contributed by atoms with van der Waals surface area (Å²) < 4.78 is 0. The molecule has 0 radical (unpaired) electrons. The van der Waals surface area contributed by atoms with Gasteiger partial charge in [0.2, 0.25) is 0 Å². The molecule has 100 valence electrons. The van der Waals surface area contributed by atoms with Crippen molar-refractivity contribution in [3.63, 3.8) is 0 Å². The van der Waals surface area contributed by atoms with Gasteiger partial charge in [0.1, 0.15) is 0 Å². The second-order valence-corrected chi connectivity index (χ2v) is 6.12. The zero-order valence-corrected chi connectivity index (χ0v) is 11.8. The van der Waals surface area contributed by atoms with Gasteiger partial charge in [0, 0.05) is 18.6 Å². The van der Waals surface area contributed by atoms with Gasteiger partial charge in [0.25, 0.3) is 0 Å². The van der Waals surface area contributed by atoms with Crippen LogP contribution in [0.15, 0.2) is 0 Å². The largest absolute Gasteiger partial charge is 0.313 e. The Kier molecular flexibility index (Phi) is 5.30. The lowest BCUT2D eigenvalue weighted by molar-refractivity contribution is 0.109. The normalized spacial score (nSPS) is 36.7. The molecule has 0 aromatic rings. The van der Waals surface area contributed by atoms with E-state index in [1.807, 2.05) is 0 Å². The minimum absolute atomic E-state index is 0.747. The van der Waals surface area contributed by atoms with Crippen LogP contribution in [0.1, 0.15) is 58.8 Å². The molecular weight excluding hydrogens is 208 g/mol. The Labute approximate surface area is 107 Å². The van der Waals surface area contributed by atoms with Crippen molar-refractivity contribution in [1.82, 2.24) is 10.2 Å². The second kappa shape index (κ2) is 6.75. The molecule has 1 N–H and O–H groups in total. The van der Waals surface area contributed by atoms with Gasteiger partial charge in [-0.1, -0.05) is 33.1 Å². The van der Waals surface area contributed by atoms with Crippen LogP contribution < -0.4 is 5.32 Å². The van der Waals surface area contributed by atoms with Crippen LogP contribution in [0.5, 0.6) is 0 Å². The van der Waals surface area contributed by atoms with Gasteiger partial charge in [0.15, 0.2) is 0 Å². The third-order valence-corrected chi connectivity index (χ3v) is 4.68. The standard InChI is InChI=1S/C15H30N2/c1-3-7-14-12-17(11-6-10-16-14)15-9-5-4-8-13(15)2/h13-16H,3-12H2,1-2H3. The Morgan fingerprint density at radius 1 is 1.18 bits per heavy atom. The third kappa shape index (κ3) is 3.69. The summed E-state index contributed by atoms with van der Waals surface area (Å²) in [5.41, 5.74) is 0. The number of nitrogens with zero attached hydrogens (tertiary/aromatic N) is 1. The highest BCUT2D eigenvalue weighted by Crippen LogP contribution is 2.29. The summed E-state index contributed by atoms with van der Waals surface area (Å²) in [5.74, 6) is 0.920. The molecule has 2 fully saturated rings. The van der Waals surface area contributed by atoms with E-state index in [-0.39, 0.29) is 0 Å². The van der Waals surface area contributed by atoms with E-state index in [9.17, 15) is 0 Å². The van der Waals surface area contributed by atoms with Crippen LogP contribution in [0, 0.1) is 5.92 Å². The molecule has 1 aliphatic carbocycles. The van der Waals surface area contributed by atoms with Gasteiger partial charge in [-0.15, -0.1) is 0 Å². The van der Waals surface area contributed by atoms with E-state index >= 15 is 0 Å². The average Bonchev–Trinajstić information content (AvgIpc) is 2.56. The molecule has 1 aliphatic heterocycles. The molecule has 2 heteroatoms. The molecule has 0 amide bonds. The SMILES string of the molecule is CCCC1CN(C2CCCCC2C)CCCN1. The minimum Gasteiger partial charge on any atom is -0.313 e. The number of hydrogen-bond donors (Lipinski definition) is 1. The van der Waals surface area contributed by atoms with Gasteiger partial charge < -0.3 is 5.32 Å². The molecule has 17 heavy (non-hydrogen) atoms. The summed E-state index contributed by atoms with van der Waals surface area (Å²) >= 11 is 0. The fourth-order valence-corrected chi connectivity index (χ4v) is 3.71. The van der Waals surface area contributed by atoms with Crippen molar-refractivity contribution in [2.45, 2.75) is 70.9 Å². The quantitative estimate of drug-likeness (QED) is 0.813. The zero-order chi connectivity index (χ0) is 12.1. The Morgan fingerprint density at radius 3 is 2.76 bits per heavy atom. The third-order valence-electron chi connectivity index (χ3n) is 4.68. The maximum atomic E-state index is 3.72. The van der Waals surface area contributed by atoms with Crippen LogP contribution in [-0.4, -0.2) is 36.6 Å². The van der Waals surface area contributed by atoms with E-state index in [2.05, 4.69) is 24.1 Å². The molecule has 1 heterocycles. The van der Waals surface area contributed by atoms with E-state index in [0.29, 0.717) is 0 Å². The van der Waals surface area contributed by atoms with Crippen molar-refractivity contribution in [3.8, 4) is 0 Å². The number of rotatable bonds is 3. The molecule has 0 bridgehead atoms. The van der Waals surface area contributed by atoms with Gasteiger partial charge in [-0.3, -0.25) is 4.90 Å². The summed E-state index contributed by atoms with van der Waals surface area (Å²) in [4.78, 5) is 2.81. The van der Waals surface area contributed by atoms with E-state index < -0.39 is 0 Å². The van der Waals surface area contributed by atoms with E-state index in [1.54, 1.807) is 0 Å². The minimum atomic E-state index is 0.747. The predicted octanol–water partition coefficient (Wildman–Crippen LogP) is 3.03. The first-order valence-corrected chi connectivity index (χ1v) is 7.78. The smallest absolute Gasteiger partial charge is 0.0195 e.